The Morgan fingerprint density at radius 1 is 0.969 bits per heavy atom. The number of methoxy groups -OCH3 is 1. The lowest BCUT2D eigenvalue weighted by Gasteiger charge is -2.27. The van der Waals surface area contributed by atoms with E-state index < -0.39 is 15.9 Å². The van der Waals surface area contributed by atoms with Gasteiger partial charge < -0.3 is 10.1 Å². The van der Waals surface area contributed by atoms with Crippen molar-refractivity contribution in [3.63, 3.8) is 0 Å². The molecule has 168 valence electrons. The number of ether oxygens (including phenoxy) is 1. The summed E-state index contributed by atoms with van der Waals surface area (Å²) in [4.78, 5) is 13.1. The quantitative estimate of drug-likeness (QED) is 0.524. The topological polar surface area (TPSA) is 75.7 Å². The number of amides is 1. The minimum atomic E-state index is -3.94. The van der Waals surface area contributed by atoms with Gasteiger partial charge >= 0.3 is 0 Å². The summed E-state index contributed by atoms with van der Waals surface area (Å²) >= 11 is 0. The lowest BCUT2D eigenvalue weighted by molar-refractivity contribution is -0.120. The Balaban J connectivity index is 1.89. The molecule has 6 nitrogen and oxygen atoms in total. The molecule has 1 amide bonds. The molecule has 0 aliphatic rings. The number of nitrogens with zero attached hydrogens (tertiary/aromatic N) is 1. The minimum absolute atomic E-state index is 0.141. The van der Waals surface area contributed by atoms with Gasteiger partial charge in [0.1, 0.15) is 12.3 Å². The lowest BCUT2D eigenvalue weighted by atomic mass is 10.1. The van der Waals surface area contributed by atoms with E-state index in [0.29, 0.717) is 12.1 Å². The van der Waals surface area contributed by atoms with Crippen LogP contribution >= 0.6 is 0 Å². The van der Waals surface area contributed by atoms with Crippen LogP contribution in [0.5, 0.6) is 5.75 Å². The first-order chi connectivity index (χ1) is 15.4. The number of hydrogen-bond donors (Lipinski definition) is 1. The largest absolute Gasteiger partial charge is 0.497 e. The summed E-state index contributed by atoms with van der Waals surface area (Å²) < 4.78 is 33.4. The Hall–Kier alpha value is -3.32. The molecule has 0 fully saturated rings. The van der Waals surface area contributed by atoms with Gasteiger partial charge in [-0.3, -0.25) is 9.10 Å². The van der Waals surface area contributed by atoms with Gasteiger partial charge in [-0.05, 0) is 54.8 Å². The number of aryl methyl sites for hydroxylation is 1. The first kappa shape index (κ1) is 23.3. The van der Waals surface area contributed by atoms with Crippen LogP contribution in [-0.4, -0.2) is 28.0 Å². The van der Waals surface area contributed by atoms with Gasteiger partial charge in [0.05, 0.1) is 23.7 Å². The molecule has 0 radical (unpaired) electrons. The molecular formula is C25H28N2O4S. The predicted molar refractivity (Wildman–Crippen MR) is 126 cm³/mol. The van der Waals surface area contributed by atoms with Gasteiger partial charge in [0, 0.05) is 0 Å². The molecule has 0 saturated carbocycles. The van der Waals surface area contributed by atoms with Crippen molar-refractivity contribution in [1.29, 1.82) is 0 Å². The number of benzene rings is 3. The summed E-state index contributed by atoms with van der Waals surface area (Å²) in [6, 6.07) is 22.5. The van der Waals surface area contributed by atoms with E-state index in [4.69, 9.17) is 4.74 Å². The highest BCUT2D eigenvalue weighted by atomic mass is 32.2. The van der Waals surface area contributed by atoms with Crippen LogP contribution in [-0.2, 0) is 21.2 Å². The van der Waals surface area contributed by atoms with E-state index in [1.165, 1.54) is 16.4 Å². The molecule has 1 N–H and O–H groups in total. The number of rotatable bonds is 9. The molecule has 0 unspecified atom stereocenters. The Labute approximate surface area is 189 Å². The number of anilines is 1. The summed E-state index contributed by atoms with van der Waals surface area (Å²) in [5.41, 5.74) is 2.25. The maximum Gasteiger partial charge on any atom is 0.264 e. The maximum atomic E-state index is 13.5. The van der Waals surface area contributed by atoms with Crippen LogP contribution in [0.3, 0.4) is 0 Å². The van der Waals surface area contributed by atoms with E-state index in [1.54, 1.807) is 37.4 Å². The molecule has 0 aromatic heterocycles. The van der Waals surface area contributed by atoms with Crippen LogP contribution in [0.1, 0.15) is 31.0 Å². The monoisotopic (exact) mass is 452 g/mol. The third-order valence-electron chi connectivity index (χ3n) is 5.25. The average Bonchev–Trinajstić information content (AvgIpc) is 2.83. The molecule has 3 aromatic rings. The molecule has 3 rings (SSSR count). The number of para-hydroxylation sites is 1. The van der Waals surface area contributed by atoms with Crippen LogP contribution in [0.2, 0.25) is 0 Å². The Morgan fingerprint density at radius 2 is 1.59 bits per heavy atom. The van der Waals surface area contributed by atoms with Crippen molar-refractivity contribution < 1.29 is 17.9 Å². The average molecular weight is 453 g/mol. The molecule has 1 atom stereocenters. The van der Waals surface area contributed by atoms with Crippen molar-refractivity contribution in [2.24, 2.45) is 0 Å². The summed E-state index contributed by atoms with van der Waals surface area (Å²) in [5, 5.41) is 2.91. The first-order valence-corrected chi connectivity index (χ1v) is 11.9. The molecule has 0 aliphatic heterocycles. The third kappa shape index (κ3) is 5.29. The van der Waals surface area contributed by atoms with Gasteiger partial charge in [-0.2, -0.15) is 0 Å². The summed E-state index contributed by atoms with van der Waals surface area (Å²) in [6.45, 7) is 3.49. The summed E-state index contributed by atoms with van der Waals surface area (Å²) in [6.07, 6.45) is 0.640. The van der Waals surface area contributed by atoms with E-state index in [9.17, 15) is 13.2 Å². The molecule has 32 heavy (non-hydrogen) atoms. The highest BCUT2D eigenvalue weighted by Crippen LogP contribution is 2.27. The van der Waals surface area contributed by atoms with Gasteiger partial charge in [-0.25, -0.2) is 8.42 Å². The zero-order valence-electron chi connectivity index (χ0n) is 18.5. The van der Waals surface area contributed by atoms with Crippen LogP contribution in [0, 0.1) is 0 Å². The van der Waals surface area contributed by atoms with Gasteiger partial charge in [-0.1, -0.05) is 55.5 Å². The highest BCUT2D eigenvalue weighted by molar-refractivity contribution is 7.92. The van der Waals surface area contributed by atoms with Crippen molar-refractivity contribution in [2.75, 3.05) is 18.0 Å². The van der Waals surface area contributed by atoms with Crippen molar-refractivity contribution >= 4 is 21.6 Å². The predicted octanol–water partition coefficient (Wildman–Crippen LogP) is 4.33. The van der Waals surface area contributed by atoms with E-state index in [2.05, 4.69) is 5.32 Å². The number of carbonyl (C=O) groups is 1. The zero-order valence-corrected chi connectivity index (χ0v) is 19.3. The molecule has 0 bridgehead atoms. The van der Waals surface area contributed by atoms with Crippen molar-refractivity contribution in [3.05, 3.63) is 90.0 Å². The number of nitrogens with one attached hydrogen (secondary N) is 1. The molecule has 3 aromatic carbocycles. The van der Waals surface area contributed by atoms with E-state index in [1.807, 2.05) is 50.2 Å². The van der Waals surface area contributed by atoms with Crippen molar-refractivity contribution in [1.82, 2.24) is 5.32 Å². The van der Waals surface area contributed by atoms with E-state index in [-0.39, 0.29) is 17.5 Å². The zero-order chi connectivity index (χ0) is 23.1. The standard InChI is InChI=1S/C25H28N2O4S/c1-4-20-10-8-9-13-24(20)27(32(29,30)23-11-6-5-7-12-23)18-25(28)26-19(2)21-14-16-22(31-3)17-15-21/h5-17,19H,4,18H2,1-3H3,(H,26,28)/t19-/m1/s1. The minimum Gasteiger partial charge on any atom is -0.497 e. The second-order valence-electron chi connectivity index (χ2n) is 7.37. The second kappa shape index (κ2) is 10.3. The van der Waals surface area contributed by atoms with E-state index >= 15 is 0 Å². The molecule has 0 aliphatic carbocycles. The summed E-state index contributed by atoms with van der Waals surface area (Å²) in [7, 11) is -2.34. The molecule has 0 saturated heterocycles. The highest BCUT2D eigenvalue weighted by Gasteiger charge is 2.28. The fourth-order valence-electron chi connectivity index (χ4n) is 3.47. The molecule has 0 spiro atoms. The molecular weight excluding hydrogens is 424 g/mol. The second-order valence-corrected chi connectivity index (χ2v) is 9.23. The first-order valence-electron chi connectivity index (χ1n) is 10.5. The Bertz CT molecular complexity index is 1150. The van der Waals surface area contributed by atoms with Crippen molar-refractivity contribution in [2.45, 2.75) is 31.2 Å². The van der Waals surface area contributed by atoms with Crippen LogP contribution in [0.25, 0.3) is 0 Å². The Kier molecular flexibility index (Phi) is 7.53. The normalized spacial score (nSPS) is 12.1. The van der Waals surface area contributed by atoms with E-state index in [0.717, 1.165) is 16.9 Å². The fourth-order valence-corrected chi connectivity index (χ4v) is 4.95. The number of sulfonamides is 1. The summed E-state index contributed by atoms with van der Waals surface area (Å²) in [5.74, 6) is 0.335. The van der Waals surface area contributed by atoms with Gasteiger partial charge in [0.2, 0.25) is 5.91 Å². The smallest absolute Gasteiger partial charge is 0.264 e. The third-order valence-corrected chi connectivity index (χ3v) is 7.03. The SMILES string of the molecule is CCc1ccccc1N(CC(=O)N[C@H](C)c1ccc(OC)cc1)S(=O)(=O)c1ccccc1. The molecule has 0 heterocycles. The van der Waals surface area contributed by atoms with Crippen LogP contribution in [0.4, 0.5) is 5.69 Å². The van der Waals surface area contributed by atoms with Crippen LogP contribution in [0.15, 0.2) is 83.8 Å². The van der Waals surface area contributed by atoms with Gasteiger partial charge in [0.25, 0.3) is 10.0 Å². The van der Waals surface area contributed by atoms with Crippen molar-refractivity contribution in [3.8, 4) is 5.75 Å². The number of hydrogen-bond acceptors (Lipinski definition) is 4. The Morgan fingerprint density at radius 3 is 2.22 bits per heavy atom. The molecule has 7 heteroatoms. The maximum absolute atomic E-state index is 13.5. The van der Waals surface area contributed by atoms with Gasteiger partial charge in [-0.15, -0.1) is 0 Å². The fraction of sp³-hybridized carbons (Fsp3) is 0.240. The van der Waals surface area contributed by atoms with Crippen LogP contribution < -0.4 is 14.4 Å². The lowest BCUT2D eigenvalue weighted by Crippen LogP contribution is -2.42. The number of carbonyl (C=O) groups excluding carboxylic acids is 1. The van der Waals surface area contributed by atoms with Gasteiger partial charge in [0.15, 0.2) is 0 Å².